The highest BCUT2D eigenvalue weighted by molar-refractivity contribution is 7.18. The number of thiophene rings is 1. The molecule has 2 aromatic heterocycles. The standard InChI is InChI=1S/C16H20N4O2S/c1-11-9-23-14-13(11)17-10-18-15(14)20-6-7-22-12(8-20)16(21)19-4-2-3-5-19/h9-10,12H,2-8H2,1H3. The molecule has 0 saturated carbocycles. The number of hydrogen-bond donors (Lipinski definition) is 0. The fourth-order valence-electron chi connectivity index (χ4n) is 3.31. The number of aromatic nitrogens is 2. The quantitative estimate of drug-likeness (QED) is 0.840. The van der Waals surface area contributed by atoms with Crippen LogP contribution in [0.2, 0.25) is 0 Å². The van der Waals surface area contributed by atoms with Crippen LogP contribution in [0, 0.1) is 6.92 Å². The van der Waals surface area contributed by atoms with Crippen molar-refractivity contribution in [1.82, 2.24) is 14.9 Å². The van der Waals surface area contributed by atoms with Gasteiger partial charge in [-0.15, -0.1) is 11.3 Å². The lowest BCUT2D eigenvalue weighted by atomic mass is 10.2. The van der Waals surface area contributed by atoms with E-state index in [0.717, 1.165) is 48.5 Å². The molecular weight excluding hydrogens is 312 g/mol. The number of carbonyl (C=O) groups is 1. The van der Waals surface area contributed by atoms with Crippen molar-refractivity contribution in [2.24, 2.45) is 0 Å². The molecule has 2 fully saturated rings. The Morgan fingerprint density at radius 3 is 2.96 bits per heavy atom. The average Bonchev–Trinajstić information content (AvgIpc) is 3.25. The van der Waals surface area contributed by atoms with E-state index >= 15 is 0 Å². The highest BCUT2D eigenvalue weighted by Crippen LogP contribution is 2.31. The SMILES string of the molecule is Cc1csc2c(N3CCOC(C(=O)N4CCCC4)C3)ncnc12. The number of nitrogens with zero attached hydrogens (tertiary/aromatic N) is 4. The van der Waals surface area contributed by atoms with E-state index in [1.165, 1.54) is 5.56 Å². The molecule has 6 nitrogen and oxygen atoms in total. The molecule has 1 atom stereocenters. The van der Waals surface area contributed by atoms with Gasteiger partial charge in [-0.25, -0.2) is 9.97 Å². The maximum absolute atomic E-state index is 12.6. The summed E-state index contributed by atoms with van der Waals surface area (Å²) in [6.45, 7) is 5.67. The monoisotopic (exact) mass is 332 g/mol. The van der Waals surface area contributed by atoms with Gasteiger partial charge in [0, 0.05) is 19.6 Å². The van der Waals surface area contributed by atoms with Crippen LogP contribution in [0.5, 0.6) is 0 Å². The van der Waals surface area contributed by atoms with Crippen molar-refractivity contribution in [3.05, 3.63) is 17.3 Å². The Balaban J connectivity index is 1.57. The summed E-state index contributed by atoms with van der Waals surface area (Å²) >= 11 is 1.67. The van der Waals surface area contributed by atoms with Crippen LogP contribution in [0.3, 0.4) is 0 Å². The maximum Gasteiger partial charge on any atom is 0.253 e. The molecule has 4 heterocycles. The summed E-state index contributed by atoms with van der Waals surface area (Å²) in [7, 11) is 0. The van der Waals surface area contributed by atoms with E-state index in [-0.39, 0.29) is 12.0 Å². The van der Waals surface area contributed by atoms with E-state index in [9.17, 15) is 4.79 Å². The van der Waals surface area contributed by atoms with E-state index in [1.807, 2.05) is 4.90 Å². The van der Waals surface area contributed by atoms with Crippen LogP contribution in [0.1, 0.15) is 18.4 Å². The number of anilines is 1. The molecule has 2 aromatic rings. The van der Waals surface area contributed by atoms with Crippen LogP contribution in [-0.4, -0.2) is 59.7 Å². The summed E-state index contributed by atoms with van der Waals surface area (Å²) in [6.07, 6.45) is 3.43. The molecular formula is C16H20N4O2S. The molecule has 0 spiro atoms. The summed E-state index contributed by atoms with van der Waals surface area (Å²) in [5.74, 6) is 1.05. The van der Waals surface area contributed by atoms with Gasteiger partial charge in [-0.1, -0.05) is 0 Å². The zero-order chi connectivity index (χ0) is 15.8. The summed E-state index contributed by atoms with van der Waals surface area (Å²) in [6, 6.07) is 0. The molecule has 1 amide bonds. The summed E-state index contributed by atoms with van der Waals surface area (Å²) < 4.78 is 6.84. The average molecular weight is 332 g/mol. The molecule has 2 aliphatic rings. The molecule has 7 heteroatoms. The minimum absolute atomic E-state index is 0.125. The second-order valence-corrected chi connectivity index (χ2v) is 7.01. The normalized spacial score (nSPS) is 22.0. The lowest BCUT2D eigenvalue weighted by molar-refractivity contribution is -0.143. The Morgan fingerprint density at radius 2 is 2.13 bits per heavy atom. The number of carbonyl (C=O) groups excluding carboxylic acids is 1. The van der Waals surface area contributed by atoms with Gasteiger partial charge in [-0.3, -0.25) is 4.79 Å². The fraction of sp³-hybridized carbons (Fsp3) is 0.562. The molecule has 122 valence electrons. The number of fused-ring (bicyclic) bond motifs is 1. The van der Waals surface area contributed by atoms with Crippen molar-refractivity contribution >= 4 is 33.3 Å². The van der Waals surface area contributed by atoms with Gasteiger partial charge in [-0.2, -0.15) is 0 Å². The van der Waals surface area contributed by atoms with E-state index in [0.29, 0.717) is 13.2 Å². The van der Waals surface area contributed by atoms with Gasteiger partial charge in [0.1, 0.15) is 12.1 Å². The number of rotatable bonds is 2. The first-order valence-electron chi connectivity index (χ1n) is 8.08. The maximum atomic E-state index is 12.6. The first-order chi connectivity index (χ1) is 11.2. The minimum atomic E-state index is -0.382. The number of aryl methyl sites for hydroxylation is 1. The van der Waals surface area contributed by atoms with Crippen LogP contribution < -0.4 is 4.90 Å². The Bertz CT molecular complexity index is 726. The van der Waals surface area contributed by atoms with Gasteiger partial charge in [0.25, 0.3) is 5.91 Å². The smallest absolute Gasteiger partial charge is 0.253 e. The fourth-order valence-corrected chi connectivity index (χ4v) is 4.33. The van der Waals surface area contributed by atoms with E-state index < -0.39 is 0 Å². The van der Waals surface area contributed by atoms with Crippen molar-refractivity contribution in [2.75, 3.05) is 37.7 Å². The van der Waals surface area contributed by atoms with E-state index in [1.54, 1.807) is 17.7 Å². The molecule has 0 aliphatic carbocycles. The molecule has 4 rings (SSSR count). The van der Waals surface area contributed by atoms with Gasteiger partial charge >= 0.3 is 0 Å². The zero-order valence-corrected chi connectivity index (χ0v) is 14.0. The number of ether oxygens (including phenoxy) is 1. The topological polar surface area (TPSA) is 58.6 Å². The Labute approximate surface area is 139 Å². The van der Waals surface area contributed by atoms with Crippen LogP contribution in [0.25, 0.3) is 10.2 Å². The Kier molecular flexibility index (Phi) is 3.90. The zero-order valence-electron chi connectivity index (χ0n) is 13.2. The number of morpholine rings is 1. The minimum Gasteiger partial charge on any atom is -0.365 e. The molecule has 23 heavy (non-hydrogen) atoms. The highest BCUT2D eigenvalue weighted by Gasteiger charge is 2.32. The summed E-state index contributed by atoms with van der Waals surface area (Å²) in [4.78, 5) is 25.5. The first kappa shape index (κ1) is 14.8. The van der Waals surface area contributed by atoms with Gasteiger partial charge in [0.2, 0.25) is 0 Å². The van der Waals surface area contributed by atoms with Gasteiger partial charge in [-0.05, 0) is 30.7 Å². The van der Waals surface area contributed by atoms with Gasteiger partial charge < -0.3 is 14.5 Å². The Hall–Kier alpha value is -1.73. The molecule has 0 radical (unpaired) electrons. The van der Waals surface area contributed by atoms with Crippen molar-refractivity contribution < 1.29 is 9.53 Å². The third-order valence-electron chi connectivity index (χ3n) is 4.57. The molecule has 2 aliphatic heterocycles. The third kappa shape index (κ3) is 2.68. The molecule has 0 N–H and O–H groups in total. The number of amides is 1. The second kappa shape index (κ2) is 6.05. The largest absolute Gasteiger partial charge is 0.365 e. The van der Waals surface area contributed by atoms with Crippen LogP contribution in [0.15, 0.2) is 11.7 Å². The Morgan fingerprint density at radius 1 is 1.30 bits per heavy atom. The predicted molar refractivity (Wildman–Crippen MR) is 89.9 cm³/mol. The van der Waals surface area contributed by atoms with Crippen LogP contribution in [0.4, 0.5) is 5.82 Å². The lowest BCUT2D eigenvalue weighted by Crippen LogP contribution is -2.50. The predicted octanol–water partition coefficient (Wildman–Crippen LogP) is 1.83. The van der Waals surface area contributed by atoms with Crippen molar-refractivity contribution in [1.29, 1.82) is 0 Å². The molecule has 0 bridgehead atoms. The van der Waals surface area contributed by atoms with Gasteiger partial charge in [0.15, 0.2) is 6.10 Å². The molecule has 1 unspecified atom stereocenters. The summed E-state index contributed by atoms with van der Waals surface area (Å²) in [5.41, 5.74) is 2.18. The van der Waals surface area contributed by atoms with Crippen molar-refractivity contribution in [3.8, 4) is 0 Å². The first-order valence-corrected chi connectivity index (χ1v) is 8.96. The lowest BCUT2D eigenvalue weighted by Gasteiger charge is -2.34. The summed E-state index contributed by atoms with van der Waals surface area (Å²) in [5, 5.41) is 2.11. The van der Waals surface area contributed by atoms with Crippen molar-refractivity contribution in [2.45, 2.75) is 25.9 Å². The number of hydrogen-bond acceptors (Lipinski definition) is 6. The van der Waals surface area contributed by atoms with E-state index in [2.05, 4.69) is 27.2 Å². The van der Waals surface area contributed by atoms with Crippen molar-refractivity contribution in [3.63, 3.8) is 0 Å². The second-order valence-electron chi connectivity index (χ2n) is 6.13. The molecule has 0 aromatic carbocycles. The third-order valence-corrected chi connectivity index (χ3v) is 5.65. The van der Waals surface area contributed by atoms with Gasteiger partial charge in [0.05, 0.1) is 23.4 Å². The van der Waals surface area contributed by atoms with E-state index in [4.69, 9.17) is 4.74 Å². The van der Waals surface area contributed by atoms with Crippen LogP contribution >= 0.6 is 11.3 Å². The molecule has 2 saturated heterocycles. The number of likely N-dealkylation sites (tertiary alicyclic amines) is 1. The highest BCUT2D eigenvalue weighted by atomic mass is 32.1. The van der Waals surface area contributed by atoms with Crippen LogP contribution in [-0.2, 0) is 9.53 Å².